The van der Waals surface area contributed by atoms with Crippen LogP contribution in [0.2, 0.25) is 0 Å². The van der Waals surface area contributed by atoms with E-state index in [1.807, 2.05) is 12.1 Å². The van der Waals surface area contributed by atoms with Crippen LogP contribution < -0.4 is 4.74 Å². The Bertz CT molecular complexity index is 933. The van der Waals surface area contributed by atoms with Crippen LogP contribution in [0, 0.1) is 0 Å². The van der Waals surface area contributed by atoms with Crippen molar-refractivity contribution in [2.24, 2.45) is 0 Å². The van der Waals surface area contributed by atoms with Crippen LogP contribution in [-0.2, 0) is 9.84 Å². The maximum atomic E-state index is 13.0. The van der Waals surface area contributed by atoms with Crippen molar-refractivity contribution in [2.45, 2.75) is 16.0 Å². The molecule has 0 aliphatic carbocycles. The Kier molecular flexibility index (Phi) is 5.71. The van der Waals surface area contributed by atoms with Crippen molar-refractivity contribution in [3.8, 4) is 5.75 Å². The van der Waals surface area contributed by atoms with Crippen molar-refractivity contribution in [1.82, 2.24) is 4.90 Å². The summed E-state index contributed by atoms with van der Waals surface area (Å²) in [6.07, 6.45) is 0. The Labute approximate surface area is 160 Å². The van der Waals surface area contributed by atoms with Crippen LogP contribution in [0.4, 0.5) is 8.78 Å². The molecule has 0 saturated carbocycles. The lowest BCUT2D eigenvalue weighted by Crippen LogP contribution is -2.32. The van der Waals surface area contributed by atoms with Gasteiger partial charge in [0.2, 0.25) is 9.84 Å². The van der Waals surface area contributed by atoms with Gasteiger partial charge in [0.15, 0.2) is 0 Å². The maximum absolute atomic E-state index is 13.0. The Morgan fingerprint density at radius 2 is 1.85 bits per heavy atom. The first-order valence-corrected chi connectivity index (χ1v) is 10.6. The lowest BCUT2D eigenvalue weighted by atomic mass is 10.1. The van der Waals surface area contributed by atoms with Gasteiger partial charge < -0.3 is 9.64 Å². The van der Waals surface area contributed by atoms with Gasteiger partial charge in [-0.25, -0.2) is 8.42 Å². The predicted molar refractivity (Wildman–Crippen MR) is 98.9 cm³/mol. The monoisotopic (exact) mass is 413 g/mol. The summed E-state index contributed by atoms with van der Waals surface area (Å²) in [5, 5.41) is -0.328. The highest BCUT2D eigenvalue weighted by atomic mass is 32.2. The van der Waals surface area contributed by atoms with Crippen molar-refractivity contribution in [1.29, 1.82) is 0 Å². The third-order valence-electron chi connectivity index (χ3n) is 4.21. The van der Waals surface area contributed by atoms with Crippen molar-refractivity contribution < 1.29 is 26.7 Å². The van der Waals surface area contributed by atoms with Crippen LogP contribution in [0.1, 0.15) is 21.3 Å². The highest BCUT2D eigenvalue weighted by Gasteiger charge is 2.36. The summed E-state index contributed by atoms with van der Waals surface area (Å²) in [7, 11) is -3.33. The van der Waals surface area contributed by atoms with Gasteiger partial charge in [-0.2, -0.15) is 8.78 Å². The molecule has 0 N–H and O–H groups in total. The molecule has 9 heteroatoms. The van der Waals surface area contributed by atoms with E-state index in [2.05, 4.69) is 0 Å². The van der Waals surface area contributed by atoms with Gasteiger partial charge in [-0.05, 0) is 29.8 Å². The molecular formula is C18H17F2NO4S2. The van der Waals surface area contributed by atoms with Gasteiger partial charge in [-0.15, -0.1) is 11.8 Å². The SMILES string of the molecule is COc1ccc(C2SCCN2C(=O)c2ccccc2S(=O)(=O)C(F)F)cc1. The molecule has 1 aliphatic heterocycles. The summed E-state index contributed by atoms with van der Waals surface area (Å²) in [5.41, 5.74) is 0.611. The molecule has 144 valence electrons. The maximum Gasteiger partial charge on any atom is 0.341 e. The standard InChI is InChI=1S/C18H17F2NO4S2/c1-25-13-8-6-12(7-9-13)17-21(10-11-26-17)16(22)14-4-2-3-5-15(14)27(23,24)18(19)20/h2-9,17-18H,10-11H2,1H3. The fraction of sp³-hybridized carbons (Fsp3) is 0.278. The summed E-state index contributed by atoms with van der Waals surface area (Å²) < 4.78 is 55.0. The number of nitrogens with zero attached hydrogens (tertiary/aromatic N) is 1. The van der Waals surface area contributed by atoms with Crippen molar-refractivity contribution in [2.75, 3.05) is 19.4 Å². The number of amides is 1. The topological polar surface area (TPSA) is 63.7 Å². The van der Waals surface area contributed by atoms with Crippen molar-refractivity contribution in [3.63, 3.8) is 0 Å². The number of ether oxygens (including phenoxy) is 1. The molecule has 1 amide bonds. The number of halogens is 2. The summed E-state index contributed by atoms with van der Waals surface area (Å²) in [4.78, 5) is 13.9. The molecule has 1 saturated heterocycles. The second-order valence-corrected chi connectivity index (χ2v) is 8.87. The van der Waals surface area contributed by atoms with Crippen LogP contribution in [0.15, 0.2) is 53.4 Å². The van der Waals surface area contributed by atoms with Gasteiger partial charge in [0.1, 0.15) is 11.1 Å². The number of sulfone groups is 1. The van der Waals surface area contributed by atoms with Gasteiger partial charge >= 0.3 is 5.76 Å². The fourth-order valence-electron chi connectivity index (χ4n) is 2.86. The fourth-order valence-corrected chi connectivity index (χ4v) is 5.04. The lowest BCUT2D eigenvalue weighted by molar-refractivity contribution is 0.0756. The number of thioether (sulfide) groups is 1. The molecule has 1 aliphatic rings. The molecule has 0 bridgehead atoms. The van der Waals surface area contributed by atoms with E-state index in [9.17, 15) is 22.0 Å². The number of hydrogen-bond donors (Lipinski definition) is 0. The molecule has 1 fully saturated rings. The quantitative estimate of drug-likeness (QED) is 0.750. The van der Waals surface area contributed by atoms with E-state index in [1.165, 1.54) is 34.9 Å². The van der Waals surface area contributed by atoms with Crippen LogP contribution in [-0.4, -0.2) is 44.4 Å². The highest BCUT2D eigenvalue weighted by Crippen LogP contribution is 2.40. The van der Waals surface area contributed by atoms with E-state index in [0.717, 1.165) is 11.6 Å². The minimum atomic E-state index is -4.88. The Hall–Kier alpha value is -2.13. The Balaban J connectivity index is 1.96. The predicted octanol–water partition coefficient (Wildman–Crippen LogP) is 3.58. The second-order valence-electron chi connectivity index (χ2n) is 5.80. The normalized spacial score (nSPS) is 17.3. The zero-order valence-electron chi connectivity index (χ0n) is 14.3. The molecular weight excluding hydrogens is 396 g/mol. The van der Waals surface area contributed by atoms with Crippen LogP contribution >= 0.6 is 11.8 Å². The van der Waals surface area contributed by atoms with Crippen molar-refractivity contribution in [3.05, 3.63) is 59.7 Å². The molecule has 1 heterocycles. The molecule has 2 aromatic rings. The largest absolute Gasteiger partial charge is 0.497 e. The van der Waals surface area contributed by atoms with Gasteiger partial charge in [-0.1, -0.05) is 24.3 Å². The third-order valence-corrected chi connectivity index (χ3v) is 6.91. The number of rotatable bonds is 5. The van der Waals surface area contributed by atoms with E-state index in [4.69, 9.17) is 4.74 Å². The minimum Gasteiger partial charge on any atom is -0.497 e. The van der Waals surface area contributed by atoms with Gasteiger partial charge in [0.25, 0.3) is 5.91 Å². The van der Waals surface area contributed by atoms with E-state index in [-0.39, 0.29) is 10.9 Å². The molecule has 3 rings (SSSR count). The summed E-state index contributed by atoms with van der Waals surface area (Å²) in [5.74, 6) is -2.84. The van der Waals surface area contributed by atoms with Crippen LogP contribution in [0.25, 0.3) is 0 Å². The zero-order chi connectivity index (χ0) is 19.6. The lowest BCUT2D eigenvalue weighted by Gasteiger charge is -2.25. The van der Waals surface area contributed by atoms with Crippen LogP contribution in [0.3, 0.4) is 0 Å². The number of hydrogen-bond acceptors (Lipinski definition) is 5. The van der Waals surface area contributed by atoms with Crippen molar-refractivity contribution >= 4 is 27.5 Å². The van der Waals surface area contributed by atoms with Crippen LogP contribution in [0.5, 0.6) is 5.75 Å². The summed E-state index contributed by atoms with van der Waals surface area (Å²) in [6, 6.07) is 12.3. The minimum absolute atomic E-state index is 0.237. The van der Waals surface area contributed by atoms with E-state index >= 15 is 0 Å². The average molecular weight is 413 g/mol. The summed E-state index contributed by atoms with van der Waals surface area (Å²) >= 11 is 1.53. The second kappa shape index (κ2) is 7.85. The van der Waals surface area contributed by atoms with Gasteiger partial charge in [-0.3, -0.25) is 4.79 Å². The van der Waals surface area contributed by atoms with E-state index in [1.54, 1.807) is 19.2 Å². The number of carbonyl (C=O) groups is 1. The molecule has 1 atom stereocenters. The number of benzene rings is 2. The molecule has 0 radical (unpaired) electrons. The molecule has 27 heavy (non-hydrogen) atoms. The molecule has 0 aromatic heterocycles. The molecule has 0 spiro atoms. The Morgan fingerprint density at radius 1 is 1.19 bits per heavy atom. The Morgan fingerprint density at radius 3 is 2.48 bits per heavy atom. The summed E-state index contributed by atoms with van der Waals surface area (Å²) in [6.45, 7) is 0.392. The third kappa shape index (κ3) is 3.79. The van der Waals surface area contributed by atoms with E-state index in [0.29, 0.717) is 18.0 Å². The molecule has 1 unspecified atom stereocenters. The van der Waals surface area contributed by atoms with Gasteiger partial charge in [0.05, 0.1) is 17.6 Å². The number of carbonyl (C=O) groups excluding carboxylic acids is 1. The smallest absolute Gasteiger partial charge is 0.341 e. The van der Waals surface area contributed by atoms with Gasteiger partial charge in [0, 0.05) is 12.3 Å². The average Bonchev–Trinajstić information content (AvgIpc) is 3.17. The number of methoxy groups -OCH3 is 1. The zero-order valence-corrected chi connectivity index (χ0v) is 16.0. The highest BCUT2D eigenvalue weighted by molar-refractivity contribution is 7.99. The first-order valence-electron chi connectivity index (χ1n) is 8.04. The number of alkyl halides is 2. The first-order chi connectivity index (χ1) is 12.9. The molecule has 5 nitrogen and oxygen atoms in total. The molecule has 2 aromatic carbocycles. The van der Waals surface area contributed by atoms with E-state index < -0.39 is 26.4 Å². The first kappa shape index (κ1) is 19.6.